The molecule has 1 fully saturated rings. The van der Waals surface area contributed by atoms with Gasteiger partial charge in [-0.25, -0.2) is 8.42 Å². The van der Waals surface area contributed by atoms with Gasteiger partial charge in [0.2, 0.25) is 16.0 Å². The maximum Gasteiger partial charge on any atom is 0.243 e. The zero-order valence-corrected chi connectivity index (χ0v) is 20.6. The number of nitrogens with one attached hydrogen (secondary N) is 1. The minimum absolute atomic E-state index is 0.179. The van der Waals surface area contributed by atoms with Crippen molar-refractivity contribution in [1.29, 1.82) is 0 Å². The molecule has 0 aliphatic heterocycles. The molecular formula is C20H19Br2ClN4O2S. The predicted molar refractivity (Wildman–Crippen MR) is 126 cm³/mol. The van der Waals surface area contributed by atoms with Crippen LogP contribution in [0, 0.1) is 0 Å². The number of para-hydroxylation sites is 1. The molecule has 4 rings (SSSR count). The molecule has 0 bridgehead atoms. The Morgan fingerprint density at radius 2 is 1.67 bits per heavy atom. The summed E-state index contributed by atoms with van der Waals surface area (Å²) >= 11 is 13.1. The number of halogens is 3. The molecule has 158 valence electrons. The molecule has 1 heterocycles. The van der Waals surface area contributed by atoms with Crippen LogP contribution in [0.4, 0.5) is 5.95 Å². The molecular weight excluding hydrogens is 556 g/mol. The fourth-order valence-corrected chi connectivity index (χ4v) is 6.30. The van der Waals surface area contributed by atoms with Crippen LogP contribution in [0.3, 0.4) is 0 Å². The fraction of sp³-hybridized carbons (Fsp3) is 0.300. The van der Waals surface area contributed by atoms with Crippen molar-refractivity contribution >= 4 is 59.4 Å². The molecule has 1 N–H and O–H groups in total. The second kappa shape index (κ2) is 8.98. The smallest absolute Gasteiger partial charge is 0.243 e. The first-order chi connectivity index (χ1) is 14.3. The average molecular weight is 575 g/mol. The lowest BCUT2D eigenvalue weighted by Crippen LogP contribution is -2.19. The number of aromatic nitrogens is 3. The van der Waals surface area contributed by atoms with E-state index in [9.17, 15) is 8.42 Å². The largest absolute Gasteiger partial charge is 0.262 e. The summed E-state index contributed by atoms with van der Waals surface area (Å²) < 4.78 is 31.8. The first-order valence-corrected chi connectivity index (χ1v) is 13.1. The molecule has 6 nitrogen and oxygen atoms in total. The van der Waals surface area contributed by atoms with Crippen LogP contribution in [0.15, 0.2) is 51.4 Å². The summed E-state index contributed by atoms with van der Waals surface area (Å²) in [7, 11) is -3.71. The number of benzene rings is 2. The third-order valence-electron chi connectivity index (χ3n) is 5.09. The van der Waals surface area contributed by atoms with Gasteiger partial charge in [0.1, 0.15) is 5.82 Å². The zero-order chi connectivity index (χ0) is 21.3. The van der Waals surface area contributed by atoms with Gasteiger partial charge in [0.05, 0.1) is 11.4 Å². The van der Waals surface area contributed by atoms with Crippen LogP contribution in [0.5, 0.6) is 0 Å². The van der Waals surface area contributed by atoms with Crippen LogP contribution in [0.1, 0.15) is 43.0 Å². The van der Waals surface area contributed by atoms with Crippen molar-refractivity contribution in [2.75, 3.05) is 4.72 Å². The van der Waals surface area contributed by atoms with Crippen LogP contribution in [-0.2, 0) is 15.8 Å². The molecule has 0 atom stereocenters. The molecule has 1 aromatic heterocycles. The zero-order valence-electron chi connectivity index (χ0n) is 15.9. The highest BCUT2D eigenvalue weighted by Crippen LogP contribution is 2.39. The molecule has 3 aromatic rings. The van der Waals surface area contributed by atoms with Gasteiger partial charge in [0, 0.05) is 19.9 Å². The predicted octanol–water partition coefficient (Wildman–Crippen LogP) is 6.05. The Balaban J connectivity index is 1.73. The van der Waals surface area contributed by atoms with E-state index >= 15 is 0 Å². The van der Waals surface area contributed by atoms with E-state index in [1.807, 2.05) is 22.8 Å². The first kappa shape index (κ1) is 21.8. The topological polar surface area (TPSA) is 76.9 Å². The fourth-order valence-electron chi connectivity index (χ4n) is 3.71. The summed E-state index contributed by atoms with van der Waals surface area (Å²) in [4.78, 5) is 0. The summed E-state index contributed by atoms with van der Waals surface area (Å²) in [6, 6.07) is 12.5. The number of rotatable bonds is 6. The highest BCUT2D eigenvalue weighted by Gasteiger charge is 2.28. The van der Waals surface area contributed by atoms with Crippen molar-refractivity contribution in [3.05, 3.63) is 67.8 Å². The van der Waals surface area contributed by atoms with Gasteiger partial charge < -0.3 is 0 Å². The minimum Gasteiger partial charge on any atom is -0.262 e. The average Bonchev–Trinajstić information content (AvgIpc) is 3.34. The Hall–Kier alpha value is -1.42. The third kappa shape index (κ3) is 4.74. The molecule has 0 amide bonds. The van der Waals surface area contributed by atoms with E-state index in [0.717, 1.165) is 46.1 Å². The van der Waals surface area contributed by atoms with Gasteiger partial charge in [-0.05, 0) is 74.5 Å². The summed E-state index contributed by atoms with van der Waals surface area (Å²) in [5.41, 5.74) is 1.41. The van der Waals surface area contributed by atoms with E-state index in [1.165, 1.54) is 0 Å². The van der Waals surface area contributed by atoms with Gasteiger partial charge in [-0.3, -0.25) is 9.29 Å². The monoisotopic (exact) mass is 572 g/mol. The Kier molecular flexibility index (Phi) is 6.53. The molecule has 0 saturated heterocycles. The van der Waals surface area contributed by atoms with E-state index in [4.69, 9.17) is 11.6 Å². The second-order valence-electron chi connectivity index (χ2n) is 7.26. The third-order valence-corrected chi connectivity index (χ3v) is 7.83. The highest BCUT2D eigenvalue weighted by molar-refractivity contribution is 9.11. The summed E-state index contributed by atoms with van der Waals surface area (Å²) in [6.45, 7) is 0. The van der Waals surface area contributed by atoms with Crippen LogP contribution in [-0.4, -0.2) is 23.2 Å². The molecule has 1 aliphatic rings. The van der Waals surface area contributed by atoms with Gasteiger partial charge in [-0.1, -0.05) is 42.6 Å². The SMILES string of the molecule is O=S(=O)(Cc1ccc(Cl)cc1)Nc1nnc(C2CCCC2)n1-c1c(Br)cccc1Br. The maximum atomic E-state index is 12.9. The van der Waals surface area contributed by atoms with E-state index in [1.54, 1.807) is 24.3 Å². The molecule has 2 aromatic carbocycles. The Morgan fingerprint density at radius 3 is 2.30 bits per heavy atom. The maximum absolute atomic E-state index is 12.9. The van der Waals surface area contributed by atoms with Crippen molar-refractivity contribution in [3.8, 4) is 5.69 Å². The highest BCUT2D eigenvalue weighted by atomic mass is 79.9. The molecule has 1 aliphatic carbocycles. The standard InChI is InChI=1S/C20H19Br2ClN4O2S/c21-16-6-3-7-17(22)18(16)27-19(14-4-1-2-5-14)24-25-20(27)26-30(28,29)12-13-8-10-15(23)11-9-13/h3,6-11,14H,1-2,4-5,12H2,(H,25,26). The number of hydrogen-bond donors (Lipinski definition) is 1. The van der Waals surface area contributed by atoms with E-state index in [0.29, 0.717) is 10.6 Å². The lowest BCUT2D eigenvalue weighted by atomic mass is 10.1. The summed E-state index contributed by atoms with van der Waals surface area (Å²) in [5, 5.41) is 9.17. The van der Waals surface area contributed by atoms with Gasteiger partial charge in [0.15, 0.2) is 0 Å². The van der Waals surface area contributed by atoms with Crippen molar-refractivity contribution in [3.63, 3.8) is 0 Å². The lowest BCUT2D eigenvalue weighted by molar-refractivity contribution is 0.599. The number of nitrogens with zero attached hydrogens (tertiary/aromatic N) is 3. The minimum atomic E-state index is -3.71. The van der Waals surface area contributed by atoms with Crippen LogP contribution in [0.25, 0.3) is 5.69 Å². The lowest BCUT2D eigenvalue weighted by Gasteiger charge is -2.17. The number of hydrogen-bond acceptors (Lipinski definition) is 4. The van der Waals surface area contributed by atoms with Gasteiger partial charge in [0.25, 0.3) is 0 Å². The van der Waals surface area contributed by atoms with Crippen LogP contribution < -0.4 is 4.72 Å². The Labute approximate surface area is 197 Å². The van der Waals surface area contributed by atoms with Crippen molar-refractivity contribution in [2.45, 2.75) is 37.4 Å². The molecule has 30 heavy (non-hydrogen) atoms. The second-order valence-corrected chi connectivity index (χ2v) is 11.1. The first-order valence-electron chi connectivity index (χ1n) is 9.49. The number of sulfonamides is 1. The van der Waals surface area contributed by atoms with E-state index in [-0.39, 0.29) is 17.6 Å². The van der Waals surface area contributed by atoms with Gasteiger partial charge >= 0.3 is 0 Å². The van der Waals surface area contributed by atoms with Gasteiger partial charge in [-0.15, -0.1) is 10.2 Å². The molecule has 10 heteroatoms. The molecule has 1 saturated carbocycles. The molecule has 0 radical (unpaired) electrons. The normalized spacial score (nSPS) is 14.9. The summed E-state index contributed by atoms with van der Waals surface area (Å²) in [5.74, 6) is 1.00. The summed E-state index contributed by atoms with van der Waals surface area (Å²) in [6.07, 6.45) is 4.29. The Morgan fingerprint density at radius 1 is 1.03 bits per heavy atom. The Bertz CT molecular complexity index is 1140. The molecule has 0 unspecified atom stereocenters. The van der Waals surface area contributed by atoms with Crippen molar-refractivity contribution in [2.24, 2.45) is 0 Å². The van der Waals surface area contributed by atoms with Crippen molar-refractivity contribution in [1.82, 2.24) is 14.8 Å². The molecule has 0 spiro atoms. The van der Waals surface area contributed by atoms with Crippen LogP contribution >= 0.6 is 43.5 Å². The van der Waals surface area contributed by atoms with Gasteiger partial charge in [-0.2, -0.15) is 0 Å². The van der Waals surface area contributed by atoms with E-state index in [2.05, 4.69) is 46.8 Å². The van der Waals surface area contributed by atoms with Crippen LogP contribution in [0.2, 0.25) is 5.02 Å². The van der Waals surface area contributed by atoms with Crippen molar-refractivity contribution < 1.29 is 8.42 Å². The number of anilines is 1. The van der Waals surface area contributed by atoms with E-state index < -0.39 is 10.0 Å². The quantitative estimate of drug-likeness (QED) is 0.389.